The van der Waals surface area contributed by atoms with E-state index in [-0.39, 0.29) is 35.2 Å². The number of fused-ring (bicyclic) bond motifs is 1. The lowest BCUT2D eigenvalue weighted by molar-refractivity contribution is -0.120. The van der Waals surface area contributed by atoms with Crippen molar-refractivity contribution in [2.75, 3.05) is 11.1 Å². The fourth-order valence-corrected chi connectivity index (χ4v) is 3.61. The van der Waals surface area contributed by atoms with Crippen molar-refractivity contribution in [2.45, 2.75) is 38.7 Å². The van der Waals surface area contributed by atoms with E-state index in [1.54, 1.807) is 0 Å². The van der Waals surface area contributed by atoms with E-state index in [1.807, 2.05) is 38.1 Å². The van der Waals surface area contributed by atoms with Gasteiger partial charge in [-0.3, -0.25) is 9.59 Å². The van der Waals surface area contributed by atoms with Gasteiger partial charge in [0, 0.05) is 25.3 Å². The van der Waals surface area contributed by atoms with Gasteiger partial charge in [-0.25, -0.2) is 0 Å². The first-order valence-electron chi connectivity index (χ1n) is 9.08. The molecule has 0 bridgehead atoms. The van der Waals surface area contributed by atoms with E-state index in [2.05, 4.69) is 34.1 Å². The molecule has 0 saturated carbocycles. The monoisotopic (exact) mass is 419 g/mol. The number of nitrogens with one attached hydrogen (secondary N) is 3. The minimum atomic E-state index is -0.287. The minimum Gasteiger partial charge on any atom is -0.351 e. The topological polar surface area (TPSA) is 70.2 Å². The Morgan fingerprint density at radius 1 is 1.11 bits per heavy atom. The van der Waals surface area contributed by atoms with Crippen LogP contribution in [0.15, 0.2) is 42.5 Å². The van der Waals surface area contributed by atoms with Crippen LogP contribution in [-0.4, -0.2) is 22.8 Å². The van der Waals surface area contributed by atoms with Crippen molar-refractivity contribution in [3.05, 3.63) is 64.7 Å². The Morgan fingerprint density at radius 3 is 2.57 bits per heavy atom. The minimum absolute atomic E-state index is 0. The van der Waals surface area contributed by atoms with Gasteiger partial charge in [-0.05, 0) is 42.7 Å². The van der Waals surface area contributed by atoms with E-state index in [0.29, 0.717) is 6.54 Å². The molecule has 0 spiro atoms. The number of anilines is 1. The van der Waals surface area contributed by atoms with Crippen LogP contribution >= 0.6 is 24.2 Å². The number of thioether (sulfide) groups is 1. The van der Waals surface area contributed by atoms with Crippen molar-refractivity contribution in [1.82, 2.24) is 10.6 Å². The number of carbonyl (C=O) groups is 2. The molecule has 1 aliphatic rings. The predicted octanol–water partition coefficient (Wildman–Crippen LogP) is 3.40. The molecular formula is C21H26ClN3O2S. The summed E-state index contributed by atoms with van der Waals surface area (Å²) < 4.78 is 0. The van der Waals surface area contributed by atoms with Crippen LogP contribution in [0.5, 0.6) is 0 Å². The summed E-state index contributed by atoms with van der Waals surface area (Å²) >= 11 is 1.34. The van der Waals surface area contributed by atoms with Crippen LogP contribution in [0.3, 0.4) is 0 Å². The Bertz CT molecular complexity index is 827. The summed E-state index contributed by atoms with van der Waals surface area (Å²) in [6, 6.07) is 14.0. The number of carbonyl (C=O) groups excluding carboxylic acids is 2. The molecule has 0 aliphatic carbocycles. The first-order chi connectivity index (χ1) is 13.0. The zero-order valence-corrected chi connectivity index (χ0v) is 17.7. The molecule has 1 unspecified atom stereocenters. The second kappa shape index (κ2) is 10.5. The Kier molecular flexibility index (Phi) is 8.35. The van der Waals surface area contributed by atoms with Crippen LogP contribution < -0.4 is 16.0 Å². The van der Waals surface area contributed by atoms with Crippen LogP contribution in [0.2, 0.25) is 0 Å². The Morgan fingerprint density at radius 2 is 1.82 bits per heavy atom. The zero-order valence-electron chi connectivity index (χ0n) is 16.1. The van der Waals surface area contributed by atoms with Gasteiger partial charge in [0.15, 0.2) is 0 Å². The number of aryl methyl sites for hydroxylation is 1. The van der Waals surface area contributed by atoms with Gasteiger partial charge in [-0.1, -0.05) is 35.9 Å². The highest BCUT2D eigenvalue weighted by Crippen LogP contribution is 2.17. The number of rotatable bonds is 7. The van der Waals surface area contributed by atoms with Crippen molar-refractivity contribution in [1.29, 1.82) is 0 Å². The second-order valence-corrected chi connectivity index (χ2v) is 8.12. The van der Waals surface area contributed by atoms with Crippen molar-refractivity contribution >= 4 is 41.7 Å². The predicted molar refractivity (Wildman–Crippen MR) is 118 cm³/mol. The highest BCUT2D eigenvalue weighted by Gasteiger charge is 2.16. The lowest BCUT2D eigenvalue weighted by atomic mass is 10.1. The Hall–Kier alpha value is -2.02. The van der Waals surface area contributed by atoms with Crippen LogP contribution in [0.4, 0.5) is 5.69 Å². The molecule has 2 aromatic carbocycles. The van der Waals surface area contributed by atoms with Crippen molar-refractivity contribution in [3.8, 4) is 0 Å². The van der Waals surface area contributed by atoms with Crippen molar-refractivity contribution in [2.24, 2.45) is 0 Å². The first kappa shape index (κ1) is 22.3. The van der Waals surface area contributed by atoms with Crippen molar-refractivity contribution in [3.63, 3.8) is 0 Å². The van der Waals surface area contributed by atoms with Gasteiger partial charge in [0.05, 0.1) is 11.0 Å². The van der Waals surface area contributed by atoms with Crippen LogP contribution in [0.25, 0.3) is 0 Å². The number of benzene rings is 2. The van der Waals surface area contributed by atoms with Crippen LogP contribution in [0.1, 0.15) is 29.2 Å². The normalized spacial score (nSPS) is 13.2. The van der Waals surface area contributed by atoms with Gasteiger partial charge in [0.25, 0.3) is 0 Å². The van der Waals surface area contributed by atoms with E-state index >= 15 is 0 Å². The Balaban J connectivity index is 0.00000280. The van der Waals surface area contributed by atoms with Crippen molar-refractivity contribution < 1.29 is 9.59 Å². The third-order valence-corrected chi connectivity index (χ3v) is 5.68. The molecule has 2 amide bonds. The maximum Gasteiger partial charge on any atom is 0.234 e. The molecule has 0 fully saturated rings. The molecule has 28 heavy (non-hydrogen) atoms. The molecule has 0 aromatic heterocycles. The van der Waals surface area contributed by atoms with Crippen LogP contribution in [-0.2, 0) is 29.2 Å². The molecule has 1 aliphatic heterocycles. The number of hydrogen-bond acceptors (Lipinski definition) is 4. The molecule has 150 valence electrons. The summed E-state index contributed by atoms with van der Waals surface area (Å²) in [6.45, 7) is 6.14. The SMILES string of the molecule is Cc1ccc(NC(=O)CSC(C)C(=O)NCc2ccc3c(c2)CNC3)cc1.Cl. The quantitative estimate of drug-likeness (QED) is 0.643. The van der Waals surface area contributed by atoms with E-state index in [4.69, 9.17) is 0 Å². The van der Waals surface area contributed by atoms with Gasteiger partial charge in [0.2, 0.25) is 11.8 Å². The molecule has 0 saturated heterocycles. The van der Waals surface area contributed by atoms with Gasteiger partial charge >= 0.3 is 0 Å². The van der Waals surface area contributed by atoms with Gasteiger partial charge < -0.3 is 16.0 Å². The molecule has 5 nitrogen and oxygen atoms in total. The van der Waals surface area contributed by atoms with Gasteiger partial charge in [0.1, 0.15) is 0 Å². The lowest BCUT2D eigenvalue weighted by Crippen LogP contribution is -2.31. The average molecular weight is 420 g/mol. The molecule has 7 heteroatoms. The summed E-state index contributed by atoms with van der Waals surface area (Å²) in [6.07, 6.45) is 0. The molecule has 3 rings (SSSR count). The third-order valence-electron chi connectivity index (χ3n) is 4.54. The second-order valence-electron chi connectivity index (χ2n) is 6.79. The summed E-state index contributed by atoms with van der Waals surface area (Å²) in [5.74, 6) is 0.0869. The third kappa shape index (κ3) is 6.26. The summed E-state index contributed by atoms with van der Waals surface area (Å²) in [5.41, 5.74) is 5.65. The summed E-state index contributed by atoms with van der Waals surface area (Å²) in [7, 11) is 0. The molecule has 1 heterocycles. The van der Waals surface area contributed by atoms with Crippen LogP contribution in [0, 0.1) is 6.92 Å². The first-order valence-corrected chi connectivity index (χ1v) is 10.1. The fraction of sp³-hybridized carbons (Fsp3) is 0.333. The molecular weight excluding hydrogens is 394 g/mol. The number of hydrogen-bond donors (Lipinski definition) is 3. The zero-order chi connectivity index (χ0) is 19.2. The average Bonchev–Trinajstić information content (AvgIpc) is 3.13. The smallest absolute Gasteiger partial charge is 0.234 e. The van der Waals surface area contributed by atoms with Gasteiger partial charge in [-0.15, -0.1) is 24.2 Å². The molecule has 0 radical (unpaired) electrons. The standard InChI is InChI=1S/C21H25N3O2S.ClH/c1-14-3-7-19(8-4-14)24-20(25)13-27-15(2)21(26)23-10-16-5-6-17-11-22-12-18(17)9-16;/h3-9,15,22H,10-13H2,1-2H3,(H,23,26)(H,24,25);1H. The van der Waals surface area contributed by atoms with Gasteiger partial charge in [-0.2, -0.15) is 0 Å². The van der Waals surface area contributed by atoms with E-state index in [0.717, 1.165) is 29.9 Å². The largest absolute Gasteiger partial charge is 0.351 e. The summed E-state index contributed by atoms with van der Waals surface area (Å²) in [5, 5.41) is 8.84. The fourth-order valence-electron chi connectivity index (χ4n) is 2.90. The molecule has 2 aromatic rings. The maximum atomic E-state index is 12.3. The van der Waals surface area contributed by atoms with E-state index in [9.17, 15) is 9.59 Å². The molecule has 1 atom stereocenters. The molecule has 3 N–H and O–H groups in total. The lowest BCUT2D eigenvalue weighted by Gasteiger charge is -2.13. The Labute approximate surface area is 176 Å². The highest BCUT2D eigenvalue weighted by molar-refractivity contribution is 8.01. The highest BCUT2D eigenvalue weighted by atomic mass is 35.5. The number of halogens is 1. The van der Waals surface area contributed by atoms with E-state index in [1.165, 1.54) is 22.9 Å². The van der Waals surface area contributed by atoms with E-state index < -0.39 is 0 Å². The summed E-state index contributed by atoms with van der Waals surface area (Å²) in [4.78, 5) is 24.3. The number of amides is 2. The maximum absolute atomic E-state index is 12.3.